The molecule has 0 radical (unpaired) electrons. The van der Waals surface area contributed by atoms with E-state index in [1.165, 1.54) is 0 Å². The van der Waals surface area contributed by atoms with Gasteiger partial charge in [0.1, 0.15) is 0 Å². The lowest BCUT2D eigenvalue weighted by atomic mass is 10.4. The van der Waals surface area contributed by atoms with Crippen LogP contribution in [0, 0.1) is 0 Å². The molecule has 21 heavy (non-hydrogen) atoms. The maximum atomic E-state index is 5.38. The molecule has 0 fully saturated rings. The second kappa shape index (κ2) is 14.1. The molecule has 122 valence electrons. The fraction of sp³-hybridized carbons (Fsp3) is 0.692. The number of hydrogen-bond acceptors (Lipinski definition) is 4. The fourth-order valence-corrected chi connectivity index (χ4v) is 1.57. The number of aliphatic imine (C=N–C) groups is 1. The summed E-state index contributed by atoms with van der Waals surface area (Å²) in [6, 6.07) is 1.91. The average molecular weight is 411 g/mol. The molecule has 0 aliphatic rings. The highest BCUT2D eigenvalue weighted by Crippen LogP contribution is 1.84. The van der Waals surface area contributed by atoms with Crippen LogP contribution in [0.3, 0.4) is 0 Å². The van der Waals surface area contributed by atoms with Crippen LogP contribution in [0.2, 0.25) is 0 Å². The van der Waals surface area contributed by atoms with Gasteiger partial charge in [-0.25, -0.2) is 0 Å². The molecule has 0 amide bonds. The Morgan fingerprint density at radius 2 is 2.05 bits per heavy atom. The van der Waals surface area contributed by atoms with Crippen LogP contribution in [0.25, 0.3) is 0 Å². The summed E-state index contributed by atoms with van der Waals surface area (Å²) < 4.78 is 12.2. The van der Waals surface area contributed by atoms with E-state index < -0.39 is 0 Å². The molecular formula is C13H26IN5O2. The number of halogens is 1. The number of nitrogens with one attached hydrogen (secondary N) is 2. The summed E-state index contributed by atoms with van der Waals surface area (Å²) in [5, 5.41) is 10.6. The molecular weight excluding hydrogens is 385 g/mol. The van der Waals surface area contributed by atoms with E-state index in [0.717, 1.165) is 38.6 Å². The van der Waals surface area contributed by atoms with Gasteiger partial charge >= 0.3 is 0 Å². The summed E-state index contributed by atoms with van der Waals surface area (Å²) in [4.78, 5) is 4.16. The molecule has 1 heterocycles. The zero-order chi connectivity index (χ0) is 14.5. The number of guanidine groups is 1. The zero-order valence-corrected chi connectivity index (χ0v) is 15.1. The van der Waals surface area contributed by atoms with Gasteiger partial charge in [-0.05, 0) is 12.5 Å². The molecule has 0 spiro atoms. The summed E-state index contributed by atoms with van der Waals surface area (Å²) in [7, 11) is 3.43. The van der Waals surface area contributed by atoms with Crippen LogP contribution in [0.5, 0.6) is 0 Å². The minimum atomic E-state index is 0. The summed E-state index contributed by atoms with van der Waals surface area (Å²) in [5.74, 6) is 0.800. The van der Waals surface area contributed by atoms with Crippen molar-refractivity contribution in [3.8, 4) is 0 Å². The Morgan fingerprint density at radius 3 is 2.71 bits per heavy atom. The minimum absolute atomic E-state index is 0. The van der Waals surface area contributed by atoms with Crippen molar-refractivity contribution in [2.45, 2.75) is 13.0 Å². The van der Waals surface area contributed by atoms with E-state index in [1.807, 2.05) is 16.9 Å². The zero-order valence-electron chi connectivity index (χ0n) is 12.7. The first kappa shape index (κ1) is 20.1. The molecule has 0 aromatic carbocycles. The van der Waals surface area contributed by atoms with Crippen LogP contribution in [0.4, 0.5) is 0 Å². The molecule has 1 aromatic rings. The third-order valence-corrected chi connectivity index (χ3v) is 2.61. The lowest BCUT2D eigenvalue weighted by Gasteiger charge is -2.12. The Morgan fingerprint density at radius 1 is 1.24 bits per heavy atom. The van der Waals surface area contributed by atoms with Gasteiger partial charge in [0.05, 0.1) is 19.8 Å². The maximum absolute atomic E-state index is 5.38. The van der Waals surface area contributed by atoms with Gasteiger partial charge in [0, 0.05) is 46.2 Å². The summed E-state index contributed by atoms with van der Waals surface area (Å²) in [6.07, 6.45) is 4.65. The minimum Gasteiger partial charge on any atom is -0.382 e. The van der Waals surface area contributed by atoms with Crippen LogP contribution in [-0.2, 0) is 16.0 Å². The molecule has 0 atom stereocenters. The second-order valence-corrected chi connectivity index (χ2v) is 4.15. The summed E-state index contributed by atoms with van der Waals surface area (Å²) in [6.45, 7) is 4.44. The molecule has 7 nitrogen and oxygen atoms in total. The van der Waals surface area contributed by atoms with E-state index in [1.54, 1.807) is 20.4 Å². The van der Waals surface area contributed by atoms with Crippen molar-refractivity contribution < 1.29 is 9.47 Å². The highest BCUT2D eigenvalue weighted by Gasteiger charge is 1.97. The van der Waals surface area contributed by atoms with E-state index in [4.69, 9.17) is 9.47 Å². The molecule has 0 saturated carbocycles. The van der Waals surface area contributed by atoms with Crippen LogP contribution in [0.1, 0.15) is 6.42 Å². The first-order valence-electron chi connectivity index (χ1n) is 6.85. The second-order valence-electron chi connectivity index (χ2n) is 4.15. The highest BCUT2D eigenvalue weighted by atomic mass is 127. The van der Waals surface area contributed by atoms with Gasteiger partial charge in [0.2, 0.25) is 0 Å². The van der Waals surface area contributed by atoms with Crippen LogP contribution < -0.4 is 10.6 Å². The van der Waals surface area contributed by atoms with Gasteiger partial charge in [-0.1, -0.05) is 0 Å². The highest BCUT2D eigenvalue weighted by molar-refractivity contribution is 14.0. The van der Waals surface area contributed by atoms with Crippen molar-refractivity contribution in [3.05, 3.63) is 18.5 Å². The topological polar surface area (TPSA) is 72.7 Å². The van der Waals surface area contributed by atoms with Crippen molar-refractivity contribution in [2.24, 2.45) is 4.99 Å². The Hall–Kier alpha value is -0.870. The Kier molecular flexibility index (Phi) is 13.5. The number of rotatable bonds is 10. The Labute approximate surface area is 143 Å². The Balaban J connectivity index is 0.00000400. The van der Waals surface area contributed by atoms with Gasteiger partial charge < -0.3 is 20.1 Å². The quantitative estimate of drug-likeness (QED) is 0.257. The lowest BCUT2D eigenvalue weighted by Crippen LogP contribution is -2.39. The monoisotopic (exact) mass is 411 g/mol. The first-order valence-corrected chi connectivity index (χ1v) is 6.85. The van der Waals surface area contributed by atoms with Gasteiger partial charge in [0.25, 0.3) is 0 Å². The van der Waals surface area contributed by atoms with E-state index in [-0.39, 0.29) is 24.0 Å². The number of hydrogen-bond donors (Lipinski definition) is 2. The standard InChI is InChI=1S/C13H25N5O2.HI/c1-14-13(15-5-4-10-20-12-11-19-2)16-7-9-18-8-3-6-17-18;/h3,6,8H,4-5,7,9-12H2,1-2H3,(H2,14,15,16);1H. The molecule has 0 saturated heterocycles. The van der Waals surface area contributed by atoms with Crippen LogP contribution in [-0.4, -0.2) is 62.8 Å². The molecule has 0 unspecified atom stereocenters. The smallest absolute Gasteiger partial charge is 0.191 e. The molecule has 0 bridgehead atoms. The largest absolute Gasteiger partial charge is 0.382 e. The van der Waals surface area contributed by atoms with Gasteiger partial charge in [-0.15, -0.1) is 24.0 Å². The third kappa shape index (κ3) is 10.5. The van der Waals surface area contributed by atoms with Gasteiger partial charge in [-0.3, -0.25) is 9.67 Å². The van der Waals surface area contributed by atoms with Crippen LogP contribution >= 0.6 is 24.0 Å². The molecule has 1 rings (SSSR count). The fourth-order valence-electron chi connectivity index (χ4n) is 1.57. The first-order chi connectivity index (χ1) is 9.86. The maximum Gasteiger partial charge on any atom is 0.191 e. The third-order valence-electron chi connectivity index (χ3n) is 2.61. The summed E-state index contributed by atoms with van der Waals surface area (Å²) in [5.41, 5.74) is 0. The van der Waals surface area contributed by atoms with Gasteiger partial charge in [-0.2, -0.15) is 5.10 Å². The molecule has 0 aliphatic carbocycles. The van der Waals surface area contributed by atoms with E-state index in [9.17, 15) is 0 Å². The van der Waals surface area contributed by atoms with Gasteiger partial charge in [0.15, 0.2) is 5.96 Å². The molecule has 2 N–H and O–H groups in total. The van der Waals surface area contributed by atoms with E-state index in [0.29, 0.717) is 13.2 Å². The summed E-state index contributed by atoms with van der Waals surface area (Å²) >= 11 is 0. The molecule has 8 heteroatoms. The Bertz CT molecular complexity index is 359. The number of aromatic nitrogens is 2. The molecule has 1 aromatic heterocycles. The number of nitrogens with zero attached hydrogens (tertiary/aromatic N) is 3. The SMILES string of the molecule is CN=C(NCCCOCCOC)NCCn1cccn1.I. The van der Waals surface area contributed by atoms with Crippen molar-refractivity contribution in [1.29, 1.82) is 0 Å². The van der Waals surface area contributed by atoms with Crippen molar-refractivity contribution in [3.63, 3.8) is 0 Å². The predicted molar refractivity (Wildman–Crippen MR) is 94.3 cm³/mol. The normalized spacial score (nSPS) is 11.0. The van der Waals surface area contributed by atoms with Crippen molar-refractivity contribution >= 4 is 29.9 Å². The van der Waals surface area contributed by atoms with E-state index in [2.05, 4.69) is 20.7 Å². The van der Waals surface area contributed by atoms with Crippen molar-refractivity contribution in [2.75, 3.05) is 47.1 Å². The number of ether oxygens (including phenoxy) is 2. The lowest BCUT2D eigenvalue weighted by molar-refractivity contribution is 0.0698. The van der Waals surface area contributed by atoms with E-state index >= 15 is 0 Å². The predicted octanol–water partition coefficient (Wildman–Crippen LogP) is 0.719. The molecule has 0 aliphatic heterocycles. The van der Waals surface area contributed by atoms with Crippen molar-refractivity contribution in [1.82, 2.24) is 20.4 Å². The van der Waals surface area contributed by atoms with Crippen LogP contribution in [0.15, 0.2) is 23.5 Å². The number of methoxy groups -OCH3 is 1. The average Bonchev–Trinajstić information content (AvgIpc) is 2.97.